The number of carbonyl (C=O) groups excluding carboxylic acids is 1. The zero-order valence-corrected chi connectivity index (χ0v) is 13.2. The second-order valence-corrected chi connectivity index (χ2v) is 7.09. The van der Waals surface area contributed by atoms with Crippen molar-refractivity contribution < 1.29 is 13.2 Å². The molecule has 0 aliphatic rings. The van der Waals surface area contributed by atoms with E-state index in [9.17, 15) is 13.2 Å². The molecule has 0 radical (unpaired) electrons. The Kier molecular flexibility index (Phi) is 11.2. The fourth-order valence-electron chi connectivity index (χ4n) is 1.91. The van der Waals surface area contributed by atoms with Crippen molar-refractivity contribution in [3.8, 4) is 0 Å². The van der Waals surface area contributed by atoms with Gasteiger partial charge in [-0.2, -0.15) is 0 Å². The van der Waals surface area contributed by atoms with Gasteiger partial charge in [-0.05, 0) is 6.42 Å². The summed E-state index contributed by atoms with van der Waals surface area (Å²) < 4.78 is 25.1. The molecule has 1 atom stereocenters. The molecule has 0 spiro atoms. The lowest BCUT2D eigenvalue weighted by atomic mass is 10.1. The summed E-state index contributed by atoms with van der Waals surface area (Å²) in [6.45, 7) is 2.20. The Morgan fingerprint density at radius 1 is 1.05 bits per heavy atom. The van der Waals surface area contributed by atoms with E-state index in [0.29, 0.717) is 6.42 Å². The molecule has 0 heterocycles. The Bertz CT molecular complexity index is 364. The summed E-state index contributed by atoms with van der Waals surface area (Å²) in [5, 5.41) is -0.470. The number of hydrogen-bond donors (Lipinski definition) is 0. The fraction of sp³-hybridized carbons (Fsp3) is 0.923. The molecule has 0 saturated carbocycles. The summed E-state index contributed by atoms with van der Waals surface area (Å²) in [7, 11) is -3.72. The van der Waals surface area contributed by atoms with E-state index in [1.807, 2.05) is 0 Å². The van der Waals surface area contributed by atoms with Gasteiger partial charge in [-0.15, -0.1) is 11.6 Å². The van der Waals surface area contributed by atoms with Crippen LogP contribution in [-0.4, -0.2) is 25.6 Å². The van der Waals surface area contributed by atoms with Gasteiger partial charge >= 0.3 is 0 Å². The van der Waals surface area contributed by atoms with Crippen LogP contribution in [0, 0.1) is 0 Å². The average Bonchev–Trinajstić information content (AvgIpc) is 2.31. The Balaban J connectivity index is 3.54. The highest BCUT2D eigenvalue weighted by molar-refractivity contribution is 7.90. The Labute approximate surface area is 121 Å². The number of sulfonamides is 1. The van der Waals surface area contributed by atoms with Gasteiger partial charge in [0.2, 0.25) is 0 Å². The van der Waals surface area contributed by atoms with E-state index in [1.165, 1.54) is 38.5 Å². The van der Waals surface area contributed by atoms with Crippen LogP contribution in [-0.2, 0) is 14.8 Å². The van der Waals surface area contributed by atoms with Crippen molar-refractivity contribution in [3.63, 3.8) is 0 Å². The number of hydrogen-bond acceptors (Lipinski definition) is 3. The molecule has 19 heavy (non-hydrogen) atoms. The highest BCUT2D eigenvalue weighted by Gasteiger charge is 2.15. The van der Waals surface area contributed by atoms with E-state index in [2.05, 4.69) is 11.3 Å². The zero-order valence-electron chi connectivity index (χ0n) is 11.6. The van der Waals surface area contributed by atoms with Crippen molar-refractivity contribution in [2.45, 2.75) is 70.1 Å². The topological polar surface area (TPSA) is 63.6 Å². The maximum Gasteiger partial charge on any atom is 0.264 e. The summed E-state index contributed by atoms with van der Waals surface area (Å²) in [6, 6.07) is 0. The van der Waals surface area contributed by atoms with E-state index >= 15 is 0 Å². The number of halogens is 1. The van der Waals surface area contributed by atoms with Gasteiger partial charge in [0.25, 0.3) is 16.1 Å². The zero-order chi connectivity index (χ0) is 14.6. The number of alkyl halides is 1. The highest BCUT2D eigenvalue weighted by atomic mass is 35.5. The minimum atomic E-state index is -3.72. The van der Waals surface area contributed by atoms with Gasteiger partial charge < -0.3 is 0 Å². The Morgan fingerprint density at radius 2 is 1.58 bits per heavy atom. The van der Waals surface area contributed by atoms with E-state index in [0.717, 1.165) is 18.9 Å². The molecular weight excluding hydrogens is 286 g/mol. The van der Waals surface area contributed by atoms with E-state index in [4.69, 9.17) is 11.6 Å². The predicted octanol–water partition coefficient (Wildman–Crippen LogP) is 3.79. The van der Waals surface area contributed by atoms with Crippen LogP contribution in [0.3, 0.4) is 0 Å². The molecule has 0 bridgehead atoms. The van der Waals surface area contributed by atoms with Crippen LogP contribution in [0.15, 0.2) is 4.40 Å². The van der Waals surface area contributed by atoms with Crippen LogP contribution in [0.1, 0.15) is 64.7 Å². The summed E-state index contributed by atoms with van der Waals surface area (Å²) >= 11 is 5.91. The van der Waals surface area contributed by atoms with Gasteiger partial charge in [0.1, 0.15) is 0 Å². The Morgan fingerprint density at radius 3 is 2.11 bits per heavy atom. The average molecular weight is 310 g/mol. The molecule has 6 heteroatoms. The SMILES string of the molecule is CCCCCCCCCCC(Cl)CS(=O)(=O)N=C=O. The third-order valence-electron chi connectivity index (χ3n) is 2.94. The van der Waals surface area contributed by atoms with Gasteiger partial charge in [-0.25, -0.2) is 13.2 Å². The van der Waals surface area contributed by atoms with E-state index < -0.39 is 15.4 Å². The van der Waals surface area contributed by atoms with Crippen molar-refractivity contribution in [2.75, 3.05) is 5.75 Å². The lowest BCUT2D eigenvalue weighted by molar-refractivity contribution is 0.557. The van der Waals surface area contributed by atoms with E-state index in [-0.39, 0.29) is 5.75 Å². The normalized spacial score (nSPS) is 12.9. The first-order chi connectivity index (χ1) is 9.02. The molecule has 1 unspecified atom stereocenters. The lowest BCUT2D eigenvalue weighted by Crippen LogP contribution is -2.14. The van der Waals surface area contributed by atoms with Crippen molar-refractivity contribution >= 4 is 27.7 Å². The number of rotatable bonds is 12. The first kappa shape index (κ1) is 18.6. The van der Waals surface area contributed by atoms with Crippen LogP contribution >= 0.6 is 11.6 Å². The molecule has 0 rings (SSSR count). The largest absolute Gasteiger partial charge is 0.264 e. The van der Waals surface area contributed by atoms with Gasteiger partial charge in [0.05, 0.1) is 5.75 Å². The minimum Gasteiger partial charge on any atom is -0.210 e. The molecule has 0 saturated heterocycles. The molecule has 0 N–H and O–H groups in total. The number of unbranched alkanes of at least 4 members (excludes halogenated alkanes) is 7. The Hall–Kier alpha value is -0.380. The number of isocyanates is 1. The molecule has 0 aliphatic heterocycles. The smallest absolute Gasteiger partial charge is 0.210 e. The molecule has 0 aromatic carbocycles. The predicted molar refractivity (Wildman–Crippen MR) is 78.8 cm³/mol. The summed E-state index contributed by atoms with van der Waals surface area (Å²) in [6.07, 6.45) is 11.2. The summed E-state index contributed by atoms with van der Waals surface area (Å²) in [4.78, 5) is 9.90. The van der Waals surface area contributed by atoms with Gasteiger partial charge in [0.15, 0.2) is 0 Å². The highest BCUT2D eigenvalue weighted by Crippen LogP contribution is 2.14. The first-order valence-electron chi connectivity index (χ1n) is 6.97. The molecular formula is C13H24ClNO3S. The molecule has 0 fully saturated rings. The number of nitrogens with zero attached hydrogens (tertiary/aromatic N) is 1. The van der Waals surface area contributed by atoms with Crippen molar-refractivity contribution in [1.82, 2.24) is 0 Å². The summed E-state index contributed by atoms with van der Waals surface area (Å²) in [5.41, 5.74) is 0. The molecule has 4 nitrogen and oxygen atoms in total. The molecule has 0 aromatic heterocycles. The third kappa shape index (κ3) is 12.4. The maximum atomic E-state index is 11.2. The van der Waals surface area contributed by atoms with E-state index in [1.54, 1.807) is 0 Å². The quantitative estimate of drug-likeness (QED) is 0.238. The van der Waals surface area contributed by atoms with Crippen molar-refractivity contribution in [3.05, 3.63) is 0 Å². The van der Waals surface area contributed by atoms with Crippen LogP contribution in [0.2, 0.25) is 0 Å². The second kappa shape index (κ2) is 11.4. The van der Waals surface area contributed by atoms with Crippen LogP contribution < -0.4 is 0 Å². The first-order valence-corrected chi connectivity index (χ1v) is 9.02. The van der Waals surface area contributed by atoms with Crippen LogP contribution in [0.5, 0.6) is 0 Å². The van der Waals surface area contributed by atoms with Crippen LogP contribution in [0.25, 0.3) is 0 Å². The maximum absolute atomic E-state index is 11.2. The molecule has 112 valence electrons. The standard InChI is InChI=1S/C13H24ClNO3S/c1-2-3-4-5-6-7-8-9-10-13(14)11-19(17,18)15-12-16/h13H,2-11H2,1H3. The van der Waals surface area contributed by atoms with Crippen molar-refractivity contribution in [1.29, 1.82) is 0 Å². The lowest BCUT2D eigenvalue weighted by Gasteiger charge is -2.07. The monoisotopic (exact) mass is 309 g/mol. The molecule has 0 amide bonds. The second-order valence-electron chi connectivity index (χ2n) is 4.79. The minimum absolute atomic E-state index is 0.277. The molecule has 0 aromatic rings. The van der Waals surface area contributed by atoms with Crippen LogP contribution in [0.4, 0.5) is 0 Å². The van der Waals surface area contributed by atoms with Gasteiger partial charge in [-0.1, -0.05) is 62.7 Å². The third-order valence-corrected chi connectivity index (χ3v) is 4.67. The van der Waals surface area contributed by atoms with Gasteiger partial charge in [-0.3, -0.25) is 0 Å². The summed E-state index contributed by atoms with van der Waals surface area (Å²) in [5.74, 6) is -0.277. The molecule has 0 aliphatic carbocycles. The van der Waals surface area contributed by atoms with Gasteiger partial charge in [0, 0.05) is 5.38 Å². The fourth-order valence-corrected chi connectivity index (χ4v) is 3.35. The van der Waals surface area contributed by atoms with Crippen molar-refractivity contribution in [2.24, 2.45) is 4.40 Å².